The standard InChI is InChI=1S/C9H12ClN5O/c10-7-6(11)8(14-4-13-7)15-5-2-1-3-12-9(5)16/h4-5H,1-3,11H2,(H,12,16)(H,13,14,15). The molecule has 4 N–H and O–H groups in total. The number of piperidine rings is 1. The Labute approximate surface area is 97.6 Å². The van der Waals surface area contributed by atoms with E-state index in [4.69, 9.17) is 17.3 Å². The molecular formula is C9H12ClN5O. The summed E-state index contributed by atoms with van der Waals surface area (Å²) >= 11 is 5.75. The Hall–Kier alpha value is -1.56. The first-order valence-electron chi connectivity index (χ1n) is 4.98. The maximum atomic E-state index is 11.5. The average molecular weight is 242 g/mol. The highest BCUT2D eigenvalue weighted by molar-refractivity contribution is 6.32. The molecular weight excluding hydrogens is 230 g/mol. The molecule has 0 aliphatic carbocycles. The van der Waals surface area contributed by atoms with Crippen molar-refractivity contribution in [3.63, 3.8) is 0 Å². The van der Waals surface area contributed by atoms with Gasteiger partial charge in [-0.3, -0.25) is 4.79 Å². The summed E-state index contributed by atoms with van der Waals surface area (Å²) in [6.45, 7) is 0.719. The molecule has 1 aliphatic heterocycles. The lowest BCUT2D eigenvalue weighted by Gasteiger charge is -2.23. The van der Waals surface area contributed by atoms with Crippen LogP contribution in [0.4, 0.5) is 11.5 Å². The van der Waals surface area contributed by atoms with Crippen LogP contribution < -0.4 is 16.4 Å². The van der Waals surface area contributed by atoms with E-state index in [9.17, 15) is 4.79 Å². The number of nitrogens with zero attached hydrogens (tertiary/aromatic N) is 2. The number of anilines is 2. The SMILES string of the molecule is Nc1c(Cl)ncnc1NC1CCCNC1=O. The Morgan fingerprint density at radius 2 is 2.38 bits per heavy atom. The largest absolute Gasteiger partial charge is 0.393 e. The predicted molar refractivity (Wildman–Crippen MR) is 61.1 cm³/mol. The van der Waals surface area contributed by atoms with E-state index in [0.29, 0.717) is 5.82 Å². The van der Waals surface area contributed by atoms with Crippen LogP contribution in [0.15, 0.2) is 6.33 Å². The van der Waals surface area contributed by atoms with Crippen molar-refractivity contribution in [1.29, 1.82) is 0 Å². The zero-order chi connectivity index (χ0) is 11.5. The fourth-order valence-electron chi connectivity index (χ4n) is 1.56. The van der Waals surface area contributed by atoms with Gasteiger partial charge in [0, 0.05) is 6.54 Å². The van der Waals surface area contributed by atoms with Gasteiger partial charge in [0.1, 0.15) is 18.1 Å². The maximum absolute atomic E-state index is 11.5. The van der Waals surface area contributed by atoms with Gasteiger partial charge in [-0.1, -0.05) is 11.6 Å². The lowest BCUT2D eigenvalue weighted by atomic mass is 10.1. The minimum absolute atomic E-state index is 0.0413. The number of hydrogen-bond acceptors (Lipinski definition) is 5. The molecule has 1 saturated heterocycles. The number of aromatic nitrogens is 2. The molecule has 1 aliphatic rings. The molecule has 0 saturated carbocycles. The molecule has 6 nitrogen and oxygen atoms in total. The molecule has 0 aromatic carbocycles. The topological polar surface area (TPSA) is 92.9 Å². The summed E-state index contributed by atoms with van der Waals surface area (Å²) in [4.78, 5) is 19.2. The lowest BCUT2D eigenvalue weighted by molar-refractivity contribution is -0.123. The zero-order valence-electron chi connectivity index (χ0n) is 8.53. The fraction of sp³-hybridized carbons (Fsp3) is 0.444. The molecule has 1 aromatic rings. The van der Waals surface area contributed by atoms with E-state index >= 15 is 0 Å². The normalized spacial score (nSPS) is 20.3. The number of nitrogen functional groups attached to an aromatic ring is 1. The Morgan fingerprint density at radius 1 is 1.56 bits per heavy atom. The molecule has 1 amide bonds. The summed E-state index contributed by atoms with van der Waals surface area (Å²) in [5, 5.41) is 5.92. The van der Waals surface area contributed by atoms with Gasteiger partial charge in [0.2, 0.25) is 5.91 Å². The van der Waals surface area contributed by atoms with Crippen molar-refractivity contribution < 1.29 is 4.79 Å². The Kier molecular flexibility index (Phi) is 3.09. The van der Waals surface area contributed by atoms with Gasteiger partial charge in [0.25, 0.3) is 0 Å². The van der Waals surface area contributed by atoms with Gasteiger partial charge in [-0.05, 0) is 12.8 Å². The zero-order valence-corrected chi connectivity index (χ0v) is 9.29. The second-order valence-electron chi connectivity index (χ2n) is 3.56. The molecule has 1 fully saturated rings. The summed E-state index contributed by atoms with van der Waals surface area (Å²) < 4.78 is 0. The van der Waals surface area contributed by atoms with Crippen molar-refractivity contribution in [3.8, 4) is 0 Å². The molecule has 2 rings (SSSR count). The van der Waals surface area contributed by atoms with E-state index in [2.05, 4.69) is 20.6 Å². The van der Waals surface area contributed by atoms with Gasteiger partial charge in [-0.2, -0.15) is 0 Å². The van der Waals surface area contributed by atoms with E-state index in [1.54, 1.807) is 0 Å². The molecule has 86 valence electrons. The number of hydrogen-bond donors (Lipinski definition) is 3. The highest BCUT2D eigenvalue weighted by Gasteiger charge is 2.23. The molecule has 1 atom stereocenters. The van der Waals surface area contributed by atoms with Crippen LogP contribution in [0.25, 0.3) is 0 Å². The number of amides is 1. The number of halogens is 1. The minimum atomic E-state index is -0.304. The molecule has 0 spiro atoms. The van der Waals surface area contributed by atoms with E-state index in [1.165, 1.54) is 6.33 Å². The van der Waals surface area contributed by atoms with Gasteiger partial charge < -0.3 is 16.4 Å². The molecule has 1 aromatic heterocycles. The van der Waals surface area contributed by atoms with Crippen molar-refractivity contribution in [2.24, 2.45) is 0 Å². The maximum Gasteiger partial charge on any atom is 0.242 e. The summed E-state index contributed by atoms with van der Waals surface area (Å²) in [6, 6.07) is -0.304. The van der Waals surface area contributed by atoms with Crippen LogP contribution in [0, 0.1) is 0 Å². The number of carbonyl (C=O) groups is 1. The molecule has 1 unspecified atom stereocenters. The molecule has 0 radical (unpaired) electrons. The quantitative estimate of drug-likeness (QED) is 0.652. The van der Waals surface area contributed by atoms with Crippen LogP contribution >= 0.6 is 11.6 Å². The Balaban J connectivity index is 2.14. The van der Waals surface area contributed by atoms with Gasteiger partial charge in [-0.25, -0.2) is 9.97 Å². The third-order valence-electron chi connectivity index (χ3n) is 2.43. The monoisotopic (exact) mass is 241 g/mol. The highest BCUT2D eigenvalue weighted by Crippen LogP contribution is 2.23. The van der Waals surface area contributed by atoms with Crippen LogP contribution in [0.3, 0.4) is 0 Å². The van der Waals surface area contributed by atoms with Crippen LogP contribution in [-0.4, -0.2) is 28.5 Å². The van der Waals surface area contributed by atoms with Crippen molar-refractivity contribution in [3.05, 3.63) is 11.5 Å². The summed E-state index contributed by atoms with van der Waals surface area (Å²) in [5.41, 5.74) is 5.96. The van der Waals surface area contributed by atoms with Gasteiger partial charge in [0.15, 0.2) is 11.0 Å². The first-order valence-corrected chi connectivity index (χ1v) is 5.36. The van der Waals surface area contributed by atoms with Crippen LogP contribution in [0.1, 0.15) is 12.8 Å². The van der Waals surface area contributed by atoms with Gasteiger partial charge in [-0.15, -0.1) is 0 Å². The third-order valence-corrected chi connectivity index (χ3v) is 2.73. The summed E-state index contributed by atoms with van der Waals surface area (Å²) in [5.74, 6) is 0.363. The molecule has 16 heavy (non-hydrogen) atoms. The molecule has 0 bridgehead atoms. The minimum Gasteiger partial charge on any atom is -0.393 e. The van der Waals surface area contributed by atoms with Crippen LogP contribution in [-0.2, 0) is 4.79 Å². The summed E-state index contributed by atoms with van der Waals surface area (Å²) in [6.07, 6.45) is 3.00. The number of carbonyl (C=O) groups excluding carboxylic acids is 1. The van der Waals surface area contributed by atoms with Crippen molar-refractivity contribution in [1.82, 2.24) is 15.3 Å². The molecule has 2 heterocycles. The number of nitrogens with two attached hydrogens (primary N) is 1. The van der Waals surface area contributed by atoms with Crippen LogP contribution in [0.5, 0.6) is 0 Å². The van der Waals surface area contributed by atoms with Crippen molar-refractivity contribution >= 4 is 29.0 Å². The fourth-order valence-corrected chi connectivity index (χ4v) is 1.70. The molecule has 7 heteroatoms. The van der Waals surface area contributed by atoms with Gasteiger partial charge >= 0.3 is 0 Å². The van der Waals surface area contributed by atoms with Crippen molar-refractivity contribution in [2.45, 2.75) is 18.9 Å². The van der Waals surface area contributed by atoms with Crippen LogP contribution in [0.2, 0.25) is 5.15 Å². The highest BCUT2D eigenvalue weighted by atomic mass is 35.5. The lowest BCUT2D eigenvalue weighted by Crippen LogP contribution is -2.44. The Bertz CT molecular complexity index is 411. The van der Waals surface area contributed by atoms with Gasteiger partial charge in [0.05, 0.1) is 0 Å². The Morgan fingerprint density at radius 3 is 3.12 bits per heavy atom. The third kappa shape index (κ3) is 2.16. The first kappa shape index (κ1) is 10.9. The predicted octanol–water partition coefficient (Wildman–Crippen LogP) is 0.403. The first-order chi connectivity index (χ1) is 7.68. The van der Waals surface area contributed by atoms with E-state index < -0.39 is 0 Å². The smallest absolute Gasteiger partial charge is 0.242 e. The van der Waals surface area contributed by atoms with E-state index in [-0.39, 0.29) is 22.8 Å². The van der Waals surface area contributed by atoms with E-state index in [1.807, 2.05) is 0 Å². The second-order valence-corrected chi connectivity index (χ2v) is 3.91. The summed E-state index contributed by atoms with van der Waals surface area (Å²) in [7, 11) is 0. The number of nitrogens with one attached hydrogen (secondary N) is 2. The average Bonchev–Trinajstić information content (AvgIpc) is 2.28. The van der Waals surface area contributed by atoms with Crippen molar-refractivity contribution in [2.75, 3.05) is 17.6 Å². The second kappa shape index (κ2) is 4.52. The van der Waals surface area contributed by atoms with E-state index in [0.717, 1.165) is 19.4 Å². The number of rotatable bonds is 2.